The Hall–Kier alpha value is -0.100. The van der Waals surface area contributed by atoms with Gasteiger partial charge in [-0.3, -0.25) is 4.79 Å². The summed E-state index contributed by atoms with van der Waals surface area (Å²) in [6.07, 6.45) is 2.10. The molecular weight excluding hydrogens is 336 g/mol. The third-order valence-corrected chi connectivity index (χ3v) is 4.97. The Morgan fingerprint density at radius 3 is 2.94 bits per heavy atom. The van der Waals surface area contributed by atoms with Crippen LogP contribution in [-0.4, -0.2) is 29.9 Å². The SMILES string of the molecule is CC1CCN(C(=O)c2cc(Br)cs2)C(CN)C1.Cl. The molecule has 102 valence electrons. The molecule has 18 heavy (non-hydrogen) atoms. The zero-order valence-corrected chi connectivity index (χ0v) is 13.5. The Morgan fingerprint density at radius 1 is 1.67 bits per heavy atom. The molecule has 0 aromatic carbocycles. The van der Waals surface area contributed by atoms with E-state index in [1.807, 2.05) is 16.3 Å². The predicted octanol–water partition coefficient (Wildman–Crippen LogP) is 3.13. The van der Waals surface area contributed by atoms with E-state index >= 15 is 0 Å². The molecule has 0 aliphatic carbocycles. The molecule has 1 aliphatic rings. The number of rotatable bonds is 2. The first-order valence-corrected chi connectivity index (χ1v) is 7.54. The van der Waals surface area contributed by atoms with Gasteiger partial charge in [0.2, 0.25) is 0 Å². The minimum atomic E-state index is 0. The van der Waals surface area contributed by atoms with Crippen molar-refractivity contribution >= 4 is 45.6 Å². The number of thiophene rings is 1. The lowest BCUT2D eigenvalue weighted by molar-refractivity contribution is 0.0578. The van der Waals surface area contributed by atoms with E-state index in [1.165, 1.54) is 11.3 Å². The fourth-order valence-corrected chi connectivity index (χ4v) is 3.69. The summed E-state index contributed by atoms with van der Waals surface area (Å²) < 4.78 is 0.973. The average molecular weight is 354 g/mol. The van der Waals surface area contributed by atoms with Crippen molar-refractivity contribution < 1.29 is 4.79 Å². The van der Waals surface area contributed by atoms with Gasteiger partial charge in [0.05, 0.1) is 4.88 Å². The maximum atomic E-state index is 12.3. The summed E-state index contributed by atoms with van der Waals surface area (Å²) in [6.45, 7) is 3.62. The van der Waals surface area contributed by atoms with Gasteiger partial charge in [-0.25, -0.2) is 0 Å². The van der Waals surface area contributed by atoms with Crippen LogP contribution in [0.4, 0.5) is 0 Å². The third-order valence-electron chi connectivity index (χ3n) is 3.29. The van der Waals surface area contributed by atoms with Crippen LogP contribution in [-0.2, 0) is 0 Å². The monoisotopic (exact) mass is 352 g/mol. The second-order valence-electron chi connectivity index (χ2n) is 4.65. The summed E-state index contributed by atoms with van der Waals surface area (Å²) in [6, 6.07) is 2.09. The normalized spacial score (nSPS) is 23.6. The molecule has 1 aliphatic heterocycles. The molecular formula is C12H18BrClN2OS. The van der Waals surface area contributed by atoms with E-state index in [1.54, 1.807) is 0 Å². The molecule has 1 aromatic heterocycles. The van der Waals surface area contributed by atoms with Gasteiger partial charge in [-0.05, 0) is 40.8 Å². The van der Waals surface area contributed by atoms with Gasteiger partial charge in [0.1, 0.15) is 0 Å². The number of carbonyl (C=O) groups excluding carboxylic acids is 1. The fourth-order valence-electron chi connectivity index (χ4n) is 2.31. The summed E-state index contributed by atoms with van der Waals surface area (Å²) >= 11 is 4.87. The van der Waals surface area contributed by atoms with Gasteiger partial charge in [0, 0.05) is 29.0 Å². The van der Waals surface area contributed by atoms with Gasteiger partial charge >= 0.3 is 0 Å². The second-order valence-corrected chi connectivity index (χ2v) is 6.47. The third kappa shape index (κ3) is 3.47. The Bertz CT molecular complexity index is 413. The molecule has 2 heterocycles. The molecule has 1 aromatic rings. The zero-order chi connectivity index (χ0) is 12.4. The average Bonchev–Trinajstić information content (AvgIpc) is 2.75. The number of nitrogens with zero attached hydrogens (tertiary/aromatic N) is 1. The zero-order valence-electron chi connectivity index (χ0n) is 10.3. The molecule has 2 N–H and O–H groups in total. The number of amides is 1. The maximum absolute atomic E-state index is 12.3. The minimum absolute atomic E-state index is 0. The number of likely N-dealkylation sites (tertiary alicyclic amines) is 1. The van der Waals surface area contributed by atoms with Crippen molar-refractivity contribution in [2.75, 3.05) is 13.1 Å². The van der Waals surface area contributed by atoms with Crippen molar-refractivity contribution in [1.82, 2.24) is 4.90 Å². The Balaban J connectivity index is 0.00000162. The van der Waals surface area contributed by atoms with Crippen LogP contribution in [0.25, 0.3) is 0 Å². The minimum Gasteiger partial charge on any atom is -0.334 e. The van der Waals surface area contributed by atoms with Crippen LogP contribution < -0.4 is 5.73 Å². The first kappa shape index (κ1) is 16.0. The lowest BCUT2D eigenvalue weighted by atomic mass is 9.92. The molecule has 0 saturated carbocycles. The van der Waals surface area contributed by atoms with E-state index < -0.39 is 0 Å². The van der Waals surface area contributed by atoms with E-state index in [9.17, 15) is 4.79 Å². The van der Waals surface area contributed by atoms with Crippen molar-refractivity contribution in [3.63, 3.8) is 0 Å². The smallest absolute Gasteiger partial charge is 0.264 e. The molecule has 2 rings (SSSR count). The molecule has 2 unspecified atom stereocenters. The number of nitrogens with two attached hydrogens (primary N) is 1. The second kappa shape index (κ2) is 6.89. The number of hydrogen-bond acceptors (Lipinski definition) is 3. The van der Waals surface area contributed by atoms with Crippen molar-refractivity contribution in [3.8, 4) is 0 Å². The molecule has 0 spiro atoms. The molecule has 1 fully saturated rings. The van der Waals surface area contributed by atoms with Gasteiger partial charge in [0.15, 0.2) is 0 Å². The summed E-state index contributed by atoms with van der Waals surface area (Å²) in [5, 5.41) is 1.94. The molecule has 1 saturated heterocycles. The van der Waals surface area contributed by atoms with Crippen LogP contribution in [0.15, 0.2) is 15.9 Å². The highest BCUT2D eigenvalue weighted by atomic mass is 79.9. The van der Waals surface area contributed by atoms with Crippen molar-refractivity contribution in [3.05, 3.63) is 20.8 Å². The molecule has 0 radical (unpaired) electrons. The van der Waals surface area contributed by atoms with Crippen LogP contribution >= 0.6 is 39.7 Å². The first-order chi connectivity index (χ1) is 8.11. The summed E-state index contributed by atoms with van der Waals surface area (Å²) in [5.41, 5.74) is 5.78. The highest BCUT2D eigenvalue weighted by Gasteiger charge is 2.29. The van der Waals surface area contributed by atoms with Gasteiger partial charge in [-0.1, -0.05) is 6.92 Å². The van der Waals surface area contributed by atoms with Crippen molar-refractivity contribution in [2.24, 2.45) is 11.7 Å². The number of piperidine rings is 1. The molecule has 3 nitrogen and oxygen atoms in total. The predicted molar refractivity (Wildman–Crippen MR) is 81.5 cm³/mol. The van der Waals surface area contributed by atoms with Gasteiger partial charge in [0.25, 0.3) is 5.91 Å². The van der Waals surface area contributed by atoms with E-state index in [2.05, 4.69) is 22.9 Å². The Morgan fingerprint density at radius 2 is 2.39 bits per heavy atom. The van der Waals surface area contributed by atoms with Crippen LogP contribution in [0, 0.1) is 5.92 Å². The number of carbonyl (C=O) groups is 1. The van der Waals surface area contributed by atoms with Crippen molar-refractivity contribution in [2.45, 2.75) is 25.8 Å². The highest BCUT2D eigenvalue weighted by molar-refractivity contribution is 9.10. The van der Waals surface area contributed by atoms with E-state index in [-0.39, 0.29) is 24.4 Å². The summed E-state index contributed by atoms with van der Waals surface area (Å²) in [7, 11) is 0. The Kier molecular flexibility index (Phi) is 6.11. The van der Waals surface area contributed by atoms with Gasteiger partial charge < -0.3 is 10.6 Å². The highest BCUT2D eigenvalue weighted by Crippen LogP contribution is 2.26. The standard InChI is InChI=1S/C12H17BrN2OS.ClH/c1-8-2-3-15(10(4-8)6-14)12(16)11-5-9(13)7-17-11;/h5,7-8,10H,2-4,6,14H2,1H3;1H. The molecule has 2 atom stereocenters. The van der Waals surface area contributed by atoms with Crippen molar-refractivity contribution in [1.29, 1.82) is 0 Å². The van der Waals surface area contributed by atoms with Crippen LogP contribution in [0.2, 0.25) is 0 Å². The van der Waals surface area contributed by atoms with E-state index in [0.29, 0.717) is 12.5 Å². The lowest BCUT2D eigenvalue weighted by Crippen LogP contribution is -2.49. The first-order valence-electron chi connectivity index (χ1n) is 5.87. The largest absolute Gasteiger partial charge is 0.334 e. The van der Waals surface area contributed by atoms with Crippen LogP contribution in [0.1, 0.15) is 29.4 Å². The number of halogens is 2. The molecule has 6 heteroatoms. The van der Waals surface area contributed by atoms with Gasteiger partial charge in [-0.15, -0.1) is 23.7 Å². The van der Waals surface area contributed by atoms with Crippen LogP contribution in [0.5, 0.6) is 0 Å². The Labute approximate surface area is 126 Å². The summed E-state index contributed by atoms with van der Waals surface area (Å²) in [4.78, 5) is 15.1. The fraction of sp³-hybridized carbons (Fsp3) is 0.583. The topological polar surface area (TPSA) is 46.3 Å². The van der Waals surface area contributed by atoms with E-state index in [0.717, 1.165) is 28.7 Å². The van der Waals surface area contributed by atoms with E-state index in [4.69, 9.17) is 5.73 Å². The molecule has 1 amide bonds. The maximum Gasteiger partial charge on any atom is 0.264 e. The molecule has 0 bridgehead atoms. The quantitative estimate of drug-likeness (QED) is 0.888. The van der Waals surface area contributed by atoms with Gasteiger partial charge in [-0.2, -0.15) is 0 Å². The summed E-state index contributed by atoms with van der Waals surface area (Å²) in [5.74, 6) is 0.797. The number of hydrogen-bond donors (Lipinski definition) is 1. The van der Waals surface area contributed by atoms with Crippen LogP contribution in [0.3, 0.4) is 0 Å². The lowest BCUT2D eigenvalue weighted by Gasteiger charge is -2.37.